The Kier molecular flexibility index (Phi) is 1.41. The lowest BCUT2D eigenvalue weighted by Gasteiger charge is -2.22. The molecule has 0 spiro atoms. The molecule has 0 saturated heterocycles. The minimum atomic E-state index is 1.03. The molecule has 36 valence electrons. The van der Waals surface area contributed by atoms with Crippen LogP contribution in [0.3, 0.4) is 0 Å². The monoisotopic (exact) mass is 102 g/mol. The van der Waals surface area contributed by atoms with Gasteiger partial charge in [-0.2, -0.15) is 11.8 Å². The van der Waals surface area contributed by atoms with E-state index < -0.39 is 0 Å². The summed E-state index contributed by atoms with van der Waals surface area (Å²) in [5.41, 5.74) is 0. The molecule has 0 unspecified atom stereocenters. The zero-order valence-electron chi connectivity index (χ0n) is 4.11. The molecule has 0 heterocycles. The highest BCUT2D eigenvalue weighted by Gasteiger charge is 2.14. The first-order valence-electron chi connectivity index (χ1n) is 2.46. The van der Waals surface area contributed by atoms with Gasteiger partial charge < -0.3 is 0 Å². The molecule has 0 bridgehead atoms. The summed E-state index contributed by atoms with van der Waals surface area (Å²) in [7, 11) is 0. The molecule has 0 aromatic heterocycles. The average Bonchev–Trinajstić information content (AvgIpc) is 1.31. The van der Waals surface area contributed by atoms with Gasteiger partial charge in [-0.25, -0.2) is 0 Å². The van der Waals surface area contributed by atoms with E-state index in [4.69, 9.17) is 0 Å². The van der Waals surface area contributed by atoms with Crippen LogP contribution in [-0.4, -0.2) is 11.5 Å². The highest BCUT2D eigenvalue weighted by molar-refractivity contribution is 7.99. The third kappa shape index (κ3) is 0.700. The Labute approximate surface area is 43.3 Å². The van der Waals surface area contributed by atoms with Crippen LogP contribution in [0.5, 0.6) is 0 Å². The number of thioether (sulfide) groups is 1. The fourth-order valence-electron chi connectivity index (χ4n) is 0.606. The third-order valence-electron chi connectivity index (χ3n) is 1.39. The molecular formula is C5H10S. The van der Waals surface area contributed by atoms with Crippen molar-refractivity contribution in [1.82, 2.24) is 0 Å². The van der Waals surface area contributed by atoms with E-state index in [0.717, 1.165) is 5.25 Å². The van der Waals surface area contributed by atoms with Crippen molar-refractivity contribution in [1.29, 1.82) is 0 Å². The second-order valence-electron chi connectivity index (χ2n) is 1.79. The maximum atomic E-state index is 2.20. The molecule has 1 saturated carbocycles. The van der Waals surface area contributed by atoms with Crippen LogP contribution >= 0.6 is 11.8 Å². The summed E-state index contributed by atoms with van der Waals surface area (Å²) in [5.74, 6) is 0. The van der Waals surface area contributed by atoms with Crippen molar-refractivity contribution in [3.05, 3.63) is 0 Å². The quantitative estimate of drug-likeness (QED) is 0.487. The van der Waals surface area contributed by atoms with Crippen molar-refractivity contribution in [3.63, 3.8) is 0 Å². The molecule has 6 heavy (non-hydrogen) atoms. The lowest BCUT2D eigenvalue weighted by atomic mass is 10.0. The first-order valence-corrected chi connectivity index (χ1v) is 3.75. The van der Waals surface area contributed by atoms with Crippen molar-refractivity contribution in [2.75, 3.05) is 6.26 Å². The van der Waals surface area contributed by atoms with E-state index in [0.29, 0.717) is 0 Å². The molecule has 0 aromatic carbocycles. The molecular weight excluding hydrogens is 92.1 g/mol. The number of hydrogen-bond acceptors (Lipinski definition) is 1. The van der Waals surface area contributed by atoms with Crippen LogP contribution in [0.15, 0.2) is 0 Å². The van der Waals surface area contributed by atoms with Crippen molar-refractivity contribution in [3.8, 4) is 0 Å². The Hall–Kier alpha value is 0.350. The molecule has 0 N–H and O–H groups in total. The molecule has 1 aliphatic rings. The molecule has 0 amide bonds. The normalized spacial score (nSPS) is 23.5. The highest BCUT2D eigenvalue weighted by atomic mass is 32.2. The second-order valence-corrected chi connectivity index (χ2v) is 2.93. The van der Waals surface area contributed by atoms with Crippen LogP contribution in [-0.2, 0) is 0 Å². The van der Waals surface area contributed by atoms with Gasteiger partial charge in [-0.3, -0.25) is 0 Å². The number of rotatable bonds is 1. The molecule has 1 fully saturated rings. The van der Waals surface area contributed by atoms with E-state index in [-0.39, 0.29) is 0 Å². The molecule has 1 aliphatic carbocycles. The minimum Gasteiger partial charge on any atom is -0.162 e. The summed E-state index contributed by atoms with van der Waals surface area (Å²) < 4.78 is 0. The fourth-order valence-corrected chi connectivity index (χ4v) is 1.41. The Morgan fingerprint density at radius 2 is 2.17 bits per heavy atom. The maximum absolute atomic E-state index is 2.20. The summed E-state index contributed by atoms with van der Waals surface area (Å²) in [4.78, 5) is 0. The van der Waals surface area contributed by atoms with Gasteiger partial charge in [-0.15, -0.1) is 0 Å². The Bertz CT molecular complexity index is 36.4. The topological polar surface area (TPSA) is 0 Å². The van der Waals surface area contributed by atoms with E-state index in [9.17, 15) is 0 Å². The molecule has 0 nitrogen and oxygen atoms in total. The van der Waals surface area contributed by atoms with Gasteiger partial charge in [0.2, 0.25) is 0 Å². The van der Waals surface area contributed by atoms with Crippen molar-refractivity contribution < 1.29 is 0 Å². The van der Waals surface area contributed by atoms with Crippen molar-refractivity contribution >= 4 is 11.8 Å². The lowest BCUT2D eigenvalue weighted by molar-refractivity contribution is 0.523. The zero-order chi connectivity index (χ0) is 4.41. The van der Waals surface area contributed by atoms with Crippen LogP contribution in [0.2, 0.25) is 0 Å². The Morgan fingerprint density at radius 3 is 2.17 bits per heavy atom. The fraction of sp³-hybridized carbons (Fsp3) is 1.00. The van der Waals surface area contributed by atoms with Crippen LogP contribution in [0.25, 0.3) is 0 Å². The van der Waals surface area contributed by atoms with E-state index in [2.05, 4.69) is 6.26 Å². The van der Waals surface area contributed by atoms with E-state index in [1.807, 2.05) is 11.8 Å². The van der Waals surface area contributed by atoms with Gasteiger partial charge in [0.1, 0.15) is 0 Å². The van der Waals surface area contributed by atoms with E-state index >= 15 is 0 Å². The Morgan fingerprint density at radius 1 is 1.50 bits per heavy atom. The van der Waals surface area contributed by atoms with Crippen LogP contribution in [0.1, 0.15) is 19.3 Å². The second kappa shape index (κ2) is 1.87. The van der Waals surface area contributed by atoms with Crippen LogP contribution in [0, 0.1) is 0 Å². The summed E-state index contributed by atoms with van der Waals surface area (Å²) in [6, 6.07) is 0. The molecule has 1 rings (SSSR count). The van der Waals surface area contributed by atoms with Crippen molar-refractivity contribution in [2.24, 2.45) is 0 Å². The summed E-state index contributed by atoms with van der Waals surface area (Å²) >= 11 is 2.01. The SMILES string of the molecule is CSC1CCC1. The standard InChI is InChI=1S/C5H10S/c1-6-5-3-2-4-5/h5H,2-4H2,1H3. The van der Waals surface area contributed by atoms with Gasteiger partial charge in [0.25, 0.3) is 0 Å². The Balaban J connectivity index is 2.01. The molecule has 0 aromatic rings. The van der Waals surface area contributed by atoms with Crippen LogP contribution < -0.4 is 0 Å². The van der Waals surface area contributed by atoms with Gasteiger partial charge in [-0.05, 0) is 19.1 Å². The van der Waals surface area contributed by atoms with Crippen LogP contribution in [0.4, 0.5) is 0 Å². The molecule has 1 heteroatoms. The minimum absolute atomic E-state index is 1.03. The lowest BCUT2D eigenvalue weighted by Crippen LogP contribution is -2.11. The third-order valence-corrected chi connectivity index (χ3v) is 2.52. The van der Waals surface area contributed by atoms with Gasteiger partial charge >= 0.3 is 0 Å². The molecule has 0 atom stereocenters. The summed E-state index contributed by atoms with van der Waals surface area (Å²) in [6.45, 7) is 0. The molecule has 0 radical (unpaired) electrons. The highest BCUT2D eigenvalue weighted by Crippen LogP contribution is 2.28. The van der Waals surface area contributed by atoms with Gasteiger partial charge in [0, 0.05) is 5.25 Å². The maximum Gasteiger partial charge on any atom is 0.00442 e. The summed E-state index contributed by atoms with van der Waals surface area (Å²) in [6.07, 6.45) is 6.62. The van der Waals surface area contributed by atoms with E-state index in [1.165, 1.54) is 19.3 Å². The summed E-state index contributed by atoms with van der Waals surface area (Å²) in [5, 5.41) is 1.03. The predicted molar refractivity (Wildman–Crippen MR) is 31.2 cm³/mol. The van der Waals surface area contributed by atoms with Gasteiger partial charge in [0.05, 0.1) is 0 Å². The zero-order valence-corrected chi connectivity index (χ0v) is 4.92. The van der Waals surface area contributed by atoms with E-state index in [1.54, 1.807) is 0 Å². The van der Waals surface area contributed by atoms with Gasteiger partial charge in [0.15, 0.2) is 0 Å². The average molecular weight is 102 g/mol. The molecule has 0 aliphatic heterocycles. The predicted octanol–water partition coefficient (Wildman–Crippen LogP) is 1.90. The van der Waals surface area contributed by atoms with Crippen molar-refractivity contribution in [2.45, 2.75) is 24.5 Å². The largest absolute Gasteiger partial charge is 0.162 e. The smallest absolute Gasteiger partial charge is 0.00442 e. The first kappa shape index (κ1) is 4.51. The number of hydrogen-bond donors (Lipinski definition) is 0. The van der Waals surface area contributed by atoms with Gasteiger partial charge in [-0.1, -0.05) is 6.42 Å². The first-order chi connectivity index (χ1) is 2.93.